The predicted molar refractivity (Wildman–Crippen MR) is 103 cm³/mol. The molecule has 5 heteroatoms. The maximum Gasteiger partial charge on any atom is 0.230 e. The van der Waals surface area contributed by atoms with Gasteiger partial charge in [0.2, 0.25) is 5.91 Å². The van der Waals surface area contributed by atoms with E-state index >= 15 is 0 Å². The van der Waals surface area contributed by atoms with Gasteiger partial charge in [0.25, 0.3) is 0 Å². The molecule has 0 spiro atoms. The minimum Gasteiger partial charge on any atom is -0.497 e. The standard InChI is InChI=1S/C20H25NO3S/c1-13-6-9-19(14(2)10-13)25-12-20(22)21-15(3)17-11-16(23-4)7-8-18(17)24-5/h6-11,15H,12H2,1-5H3,(H,21,22)/t15-/m1/s1. The zero-order valence-corrected chi connectivity index (χ0v) is 16.2. The van der Waals surface area contributed by atoms with E-state index in [1.807, 2.05) is 25.1 Å². The molecule has 0 aliphatic heterocycles. The van der Waals surface area contributed by atoms with E-state index in [0.29, 0.717) is 5.75 Å². The molecule has 1 N–H and O–H groups in total. The largest absolute Gasteiger partial charge is 0.497 e. The van der Waals surface area contributed by atoms with Crippen LogP contribution >= 0.6 is 11.8 Å². The van der Waals surface area contributed by atoms with Gasteiger partial charge < -0.3 is 14.8 Å². The molecule has 25 heavy (non-hydrogen) atoms. The van der Waals surface area contributed by atoms with Crippen LogP contribution in [0.4, 0.5) is 0 Å². The van der Waals surface area contributed by atoms with E-state index in [9.17, 15) is 4.79 Å². The summed E-state index contributed by atoms with van der Waals surface area (Å²) in [5.74, 6) is 1.83. The zero-order valence-electron chi connectivity index (χ0n) is 15.4. The van der Waals surface area contributed by atoms with Crippen molar-refractivity contribution in [2.24, 2.45) is 0 Å². The number of hydrogen-bond acceptors (Lipinski definition) is 4. The van der Waals surface area contributed by atoms with Gasteiger partial charge in [-0.3, -0.25) is 4.79 Å². The van der Waals surface area contributed by atoms with Crippen molar-refractivity contribution in [1.29, 1.82) is 0 Å². The highest BCUT2D eigenvalue weighted by molar-refractivity contribution is 8.00. The molecule has 0 unspecified atom stereocenters. The van der Waals surface area contributed by atoms with Crippen LogP contribution in [0.2, 0.25) is 0 Å². The minimum absolute atomic E-state index is 0.0117. The third kappa shape index (κ3) is 5.16. The first-order valence-corrected chi connectivity index (χ1v) is 9.14. The molecule has 0 aliphatic carbocycles. The fourth-order valence-electron chi connectivity index (χ4n) is 2.64. The fourth-order valence-corrected chi connectivity index (χ4v) is 3.46. The number of carbonyl (C=O) groups excluding carboxylic acids is 1. The van der Waals surface area contributed by atoms with Crippen molar-refractivity contribution in [2.75, 3.05) is 20.0 Å². The van der Waals surface area contributed by atoms with E-state index in [1.165, 1.54) is 11.1 Å². The normalized spacial score (nSPS) is 11.7. The number of carbonyl (C=O) groups is 1. The number of benzene rings is 2. The third-order valence-electron chi connectivity index (χ3n) is 3.97. The van der Waals surface area contributed by atoms with Gasteiger partial charge in [-0.25, -0.2) is 0 Å². The Morgan fingerprint density at radius 1 is 1.12 bits per heavy atom. The first-order chi connectivity index (χ1) is 11.9. The number of ether oxygens (including phenoxy) is 2. The SMILES string of the molecule is COc1ccc(OC)c([C@@H](C)NC(=O)CSc2ccc(C)cc2C)c1. The molecule has 1 amide bonds. The van der Waals surface area contributed by atoms with Crippen LogP contribution in [0.25, 0.3) is 0 Å². The Bertz CT molecular complexity index is 746. The highest BCUT2D eigenvalue weighted by Crippen LogP contribution is 2.29. The Kier molecular flexibility index (Phi) is 6.76. The monoisotopic (exact) mass is 359 g/mol. The van der Waals surface area contributed by atoms with Gasteiger partial charge >= 0.3 is 0 Å². The van der Waals surface area contributed by atoms with E-state index in [4.69, 9.17) is 9.47 Å². The molecule has 2 aromatic rings. The quantitative estimate of drug-likeness (QED) is 0.749. The highest BCUT2D eigenvalue weighted by Gasteiger charge is 2.15. The van der Waals surface area contributed by atoms with Crippen molar-refractivity contribution in [1.82, 2.24) is 5.32 Å². The Balaban J connectivity index is 2.00. The Labute approximate surface area is 153 Å². The Morgan fingerprint density at radius 3 is 2.52 bits per heavy atom. The van der Waals surface area contributed by atoms with Crippen LogP contribution in [0.5, 0.6) is 11.5 Å². The van der Waals surface area contributed by atoms with Gasteiger partial charge in [-0.15, -0.1) is 11.8 Å². The maximum absolute atomic E-state index is 12.3. The number of methoxy groups -OCH3 is 2. The van der Waals surface area contributed by atoms with Gasteiger partial charge in [-0.05, 0) is 50.6 Å². The second-order valence-electron chi connectivity index (χ2n) is 5.95. The van der Waals surface area contributed by atoms with Crippen molar-refractivity contribution in [2.45, 2.75) is 31.7 Å². The summed E-state index contributed by atoms with van der Waals surface area (Å²) >= 11 is 1.55. The molecule has 0 fully saturated rings. The maximum atomic E-state index is 12.3. The summed E-state index contributed by atoms with van der Waals surface area (Å²) in [5.41, 5.74) is 3.32. The van der Waals surface area contributed by atoms with Crippen LogP contribution in [-0.2, 0) is 4.79 Å². The van der Waals surface area contributed by atoms with Gasteiger partial charge in [-0.1, -0.05) is 17.7 Å². The smallest absolute Gasteiger partial charge is 0.230 e. The van der Waals surface area contributed by atoms with Crippen molar-refractivity contribution in [3.8, 4) is 11.5 Å². The minimum atomic E-state index is -0.169. The Hall–Kier alpha value is -2.14. The second-order valence-corrected chi connectivity index (χ2v) is 6.97. The van der Waals surface area contributed by atoms with Crippen LogP contribution < -0.4 is 14.8 Å². The van der Waals surface area contributed by atoms with Crippen LogP contribution in [-0.4, -0.2) is 25.9 Å². The lowest BCUT2D eigenvalue weighted by atomic mass is 10.1. The molecule has 2 aromatic carbocycles. The van der Waals surface area contributed by atoms with Crippen molar-refractivity contribution in [3.05, 3.63) is 53.1 Å². The molecule has 2 rings (SSSR count). The molecular formula is C20H25NO3S. The molecule has 0 radical (unpaired) electrons. The molecule has 4 nitrogen and oxygen atoms in total. The summed E-state index contributed by atoms with van der Waals surface area (Å²) < 4.78 is 10.7. The molecule has 0 bridgehead atoms. The number of aryl methyl sites for hydroxylation is 2. The number of thioether (sulfide) groups is 1. The number of amides is 1. The van der Waals surface area contributed by atoms with E-state index in [2.05, 4.69) is 37.4 Å². The topological polar surface area (TPSA) is 47.6 Å². The lowest BCUT2D eigenvalue weighted by molar-refractivity contribution is -0.119. The lowest BCUT2D eigenvalue weighted by Gasteiger charge is -2.18. The predicted octanol–water partition coefficient (Wildman–Crippen LogP) is 4.29. The molecule has 0 saturated heterocycles. The van der Waals surface area contributed by atoms with Gasteiger partial charge in [-0.2, -0.15) is 0 Å². The zero-order chi connectivity index (χ0) is 18.4. The summed E-state index contributed by atoms with van der Waals surface area (Å²) in [4.78, 5) is 13.5. The first kappa shape index (κ1) is 19.2. The lowest BCUT2D eigenvalue weighted by Crippen LogP contribution is -2.28. The molecule has 134 valence electrons. The molecule has 0 heterocycles. The van der Waals surface area contributed by atoms with Crippen molar-refractivity contribution >= 4 is 17.7 Å². The molecule has 1 atom stereocenters. The van der Waals surface area contributed by atoms with Gasteiger partial charge in [0, 0.05) is 10.5 Å². The number of rotatable bonds is 7. The highest BCUT2D eigenvalue weighted by atomic mass is 32.2. The van der Waals surface area contributed by atoms with Gasteiger partial charge in [0.15, 0.2) is 0 Å². The molecule has 0 saturated carbocycles. The molecule has 0 aliphatic rings. The van der Waals surface area contributed by atoms with Gasteiger partial charge in [0.05, 0.1) is 26.0 Å². The number of nitrogens with one attached hydrogen (secondary N) is 1. The average molecular weight is 359 g/mol. The summed E-state index contributed by atoms with van der Waals surface area (Å²) in [6.45, 7) is 6.07. The first-order valence-electron chi connectivity index (χ1n) is 8.16. The van der Waals surface area contributed by atoms with E-state index in [0.717, 1.165) is 22.0 Å². The van der Waals surface area contributed by atoms with E-state index in [-0.39, 0.29) is 11.9 Å². The van der Waals surface area contributed by atoms with Crippen molar-refractivity contribution < 1.29 is 14.3 Å². The summed E-state index contributed by atoms with van der Waals surface area (Å²) in [6.07, 6.45) is 0. The van der Waals surface area contributed by atoms with Crippen LogP contribution in [0.3, 0.4) is 0 Å². The average Bonchev–Trinajstić information content (AvgIpc) is 2.60. The number of hydrogen-bond donors (Lipinski definition) is 1. The summed E-state index contributed by atoms with van der Waals surface area (Å²) in [5, 5.41) is 3.03. The summed E-state index contributed by atoms with van der Waals surface area (Å²) in [6, 6.07) is 11.7. The molecule has 0 aromatic heterocycles. The summed E-state index contributed by atoms with van der Waals surface area (Å²) in [7, 11) is 3.24. The third-order valence-corrected chi connectivity index (χ3v) is 5.15. The van der Waals surface area contributed by atoms with E-state index < -0.39 is 0 Å². The Morgan fingerprint density at radius 2 is 1.88 bits per heavy atom. The van der Waals surface area contributed by atoms with Crippen LogP contribution in [0.15, 0.2) is 41.3 Å². The van der Waals surface area contributed by atoms with Gasteiger partial charge in [0.1, 0.15) is 11.5 Å². The van der Waals surface area contributed by atoms with Crippen LogP contribution in [0, 0.1) is 13.8 Å². The molecular weight excluding hydrogens is 334 g/mol. The van der Waals surface area contributed by atoms with E-state index in [1.54, 1.807) is 26.0 Å². The van der Waals surface area contributed by atoms with Crippen molar-refractivity contribution in [3.63, 3.8) is 0 Å². The fraction of sp³-hybridized carbons (Fsp3) is 0.350. The van der Waals surface area contributed by atoms with Crippen LogP contribution in [0.1, 0.15) is 29.7 Å². The second kappa shape index (κ2) is 8.81.